The Kier molecular flexibility index (Phi) is 5.06. The molecule has 1 fully saturated rings. The number of halogens is 1. The third-order valence-corrected chi connectivity index (χ3v) is 4.44. The maximum atomic E-state index is 13.7. The summed E-state index contributed by atoms with van der Waals surface area (Å²) in [7, 11) is 3.07. The Morgan fingerprint density at radius 3 is 2.54 bits per heavy atom. The molecule has 1 aliphatic heterocycles. The van der Waals surface area contributed by atoms with Crippen LogP contribution in [0.15, 0.2) is 24.3 Å². The Hall–Kier alpha value is -2.24. The zero-order valence-electron chi connectivity index (χ0n) is 14.5. The van der Waals surface area contributed by atoms with Gasteiger partial charge in [0.2, 0.25) is 17.7 Å². The Labute approximate surface area is 141 Å². The number of hydrogen-bond acceptors (Lipinski definition) is 3. The van der Waals surface area contributed by atoms with E-state index in [0.29, 0.717) is 12.1 Å². The monoisotopic (exact) mass is 334 g/mol. The highest BCUT2D eigenvalue weighted by Crippen LogP contribution is 2.39. The highest BCUT2D eigenvalue weighted by molar-refractivity contribution is 6.10. The van der Waals surface area contributed by atoms with Gasteiger partial charge in [-0.15, -0.1) is 0 Å². The van der Waals surface area contributed by atoms with E-state index in [1.807, 2.05) is 13.8 Å². The highest BCUT2D eigenvalue weighted by Gasteiger charge is 2.52. The predicted molar refractivity (Wildman–Crippen MR) is 87.6 cm³/mol. The predicted octanol–water partition coefficient (Wildman–Crippen LogP) is 1.96. The lowest BCUT2D eigenvalue weighted by Gasteiger charge is -2.29. The normalized spacial score (nSPS) is 20.8. The SMILES string of the molecule is CC(C)CN(C)C(=O)CC1(c2cccc(F)c2)CC(=O)N(C)C1=O. The van der Waals surface area contributed by atoms with E-state index in [-0.39, 0.29) is 30.6 Å². The van der Waals surface area contributed by atoms with Crippen LogP contribution in [-0.2, 0) is 19.8 Å². The Morgan fingerprint density at radius 2 is 2.04 bits per heavy atom. The Balaban J connectivity index is 2.40. The molecule has 0 N–H and O–H groups in total. The summed E-state index contributed by atoms with van der Waals surface area (Å²) < 4.78 is 13.7. The van der Waals surface area contributed by atoms with Gasteiger partial charge in [0, 0.05) is 33.5 Å². The average molecular weight is 334 g/mol. The molecule has 1 unspecified atom stereocenters. The summed E-state index contributed by atoms with van der Waals surface area (Å²) in [6.07, 6.45) is -0.262. The molecule has 1 aromatic rings. The van der Waals surface area contributed by atoms with E-state index in [1.165, 1.54) is 25.2 Å². The summed E-state index contributed by atoms with van der Waals surface area (Å²) in [4.78, 5) is 40.0. The van der Waals surface area contributed by atoms with Crippen molar-refractivity contribution in [2.24, 2.45) is 5.92 Å². The minimum absolute atomic E-state index is 0.118. The van der Waals surface area contributed by atoms with Gasteiger partial charge in [-0.3, -0.25) is 19.3 Å². The van der Waals surface area contributed by atoms with Gasteiger partial charge in [0.25, 0.3) is 0 Å². The van der Waals surface area contributed by atoms with E-state index in [2.05, 4.69) is 0 Å². The number of rotatable bonds is 5. The molecule has 0 saturated carbocycles. The van der Waals surface area contributed by atoms with Crippen LogP contribution in [0.1, 0.15) is 32.3 Å². The molecule has 1 heterocycles. The van der Waals surface area contributed by atoms with Crippen LogP contribution < -0.4 is 0 Å². The van der Waals surface area contributed by atoms with Crippen molar-refractivity contribution >= 4 is 17.7 Å². The second kappa shape index (κ2) is 6.71. The van der Waals surface area contributed by atoms with E-state index >= 15 is 0 Å². The molecule has 6 heteroatoms. The fraction of sp³-hybridized carbons (Fsp3) is 0.500. The first-order valence-corrected chi connectivity index (χ1v) is 7.98. The van der Waals surface area contributed by atoms with Crippen molar-refractivity contribution in [2.75, 3.05) is 20.6 Å². The van der Waals surface area contributed by atoms with Crippen LogP contribution in [0, 0.1) is 11.7 Å². The maximum Gasteiger partial charge on any atom is 0.240 e. The number of amides is 3. The molecule has 0 radical (unpaired) electrons. The molecule has 130 valence electrons. The second-order valence-corrected chi connectivity index (χ2v) is 6.87. The van der Waals surface area contributed by atoms with E-state index in [9.17, 15) is 18.8 Å². The van der Waals surface area contributed by atoms with E-state index in [4.69, 9.17) is 0 Å². The van der Waals surface area contributed by atoms with Crippen molar-refractivity contribution < 1.29 is 18.8 Å². The first-order chi connectivity index (χ1) is 11.2. The van der Waals surface area contributed by atoms with Gasteiger partial charge < -0.3 is 4.90 Å². The van der Waals surface area contributed by atoms with Gasteiger partial charge in [0.1, 0.15) is 5.82 Å². The lowest BCUT2D eigenvalue weighted by molar-refractivity contribution is -0.141. The molecule has 24 heavy (non-hydrogen) atoms. The Bertz CT molecular complexity index is 674. The fourth-order valence-electron chi connectivity index (χ4n) is 3.18. The van der Waals surface area contributed by atoms with Crippen molar-refractivity contribution in [3.05, 3.63) is 35.6 Å². The molecular weight excluding hydrogens is 311 g/mol. The molecule has 1 atom stereocenters. The molecule has 3 amide bonds. The third kappa shape index (κ3) is 3.32. The van der Waals surface area contributed by atoms with Crippen LogP contribution in [0.25, 0.3) is 0 Å². The van der Waals surface area contributed by atoms with Crippen LogP contribution in [0.4, 0.5) is 4.39 Å². The van der Waals surface area contributed by atoms with Gasteiger partial charge >= 0.3 is 0 Å². The molecule has 5 nitrogen and oxygen atoms in total. The molecule has 0 aliphatic carbocycles. The number of hydrogen-bond donors (Lipinski definition) is 0. The molecule has 0 spiro atoms. The van der Waals surface area contributed by atoms with Gasteiger partial charge in [0.15, 0.2) is 0 Å². The number of likely N-dealkylation sites (tertiary alicyclic amines) is 1. The standard InChI is InChI=1S/C18H23FN2O3/c1-12(2)11-20(3)15(22)9-18(10-16(23)21(4)17(18)24)13-6-5-7-14(19)8-13/h5-8,12H,9-11H2,1-4H3. The lowest BCUT2D eigenvalue weighted by Crippen LogP contribution is -2.42. The van der Waals surface area contributed by atoms with Crippen molar-refractivity contribution in [3.63, 3.8) is 0 Å². The lowest BCUT2D eigenvalue weighted by atomic mass is 9.75. The number of imide groups is 1. The van der Waals surface area contributed by atoms with Crippen LogP contribution in [0.3, 0.4) is 0 Å². The minimum Gasteiger partial charge on any atom is -0.345 e. The third-order valence-electron chi connectivity index (χ3n) is 4.44. The second-order valence-electron chi connectivity index (χ2n) is 6.87. The summed E-state index contributed by atoms with van der Waals surface area (Å²) >= 11 is 0. The summed E-state index contributed by atoms with van der Waals surface area (Å²) in [6, 6.07) is 5.60. The number of carbonyl (C=O) groups is 3. The Morgan fingerprint density at radius 1 is 1.38 bits per heavy atom. The van der Waals surface area contributed by atoms with Gasteiger partial charge in [-0.2, -0.15) is 0 Å². The van der Waals surface area contributed by atoms with Gasteiger partial charge in [-0.05, 0) is 23.6 Å². The molecule has 0 bridgehead atoms. The van der Waals surface area contributed by atoms with Crippen LogP contribution in [0.2, 0.25) is 0 Å². The zero-order chi connectivity index (χ0) is 18.1. The molecule has 1 saturated heterocycles. The largest absolute Gasteiger partial charge is 0.345 e. The molecule has 1 aromatic carbocycles. The fourth-order valence-corrected chi connectivity index (χ4v) is 3.18. The van der Waals surface area contributed by atoms with Crippen molar-refractivity contribution in [1.29, 1.82) is 0 Å². The number of carbonyl (C=O) groups excluding carboxylic acids is 3. The molecule has 2 rings (SSSR count). The smallest absolute Gasteiger partial charge is 0.240 e. The number of benzene rings is 1. The summed E-state index contributed by atoms with van der Waals surface area (Å²) in [5.41, 5.74) is -0.951. The van der Waals surface area contributed by atoms with Crippen LogP contribution >= 0.6 is 0 Å². The van der Waals surface area contributed by atoms with Crippen LogP contribution in [0.5, 0.6) is 0 Å². The van der Waals surface area contributed by atoms with E-state index in [1.54, 1.807) is 18.0 Å². The minimum atomic E-state index is -1.32. The number of nitrogens with zero attached hydrogens (tertiary/aromatic N) is 2. The summed E-state index contributed by atoms with van der Waals surface area (Å²) in [6.45, 7) is 4.53. The van der Waals surface area contributed by atoms with E-state index in [0.717, 1.165) is 4.90 Å². The molecule has 0 aromatic heterocycles. The van der Waals surface area contributed by atoms with Gasteiger partial charge in [-0.25, -0.2) is 4.39 Å². The number of likely N-dealkylation sites (N-methyl/N-ethyl adjacent to an activating group) is 1. The maximum absolute atomic E-state index is 13.7. The van der Waals surface area contributed by atoms with Gasteiger partial charge in [-0.1, -0.05) is 26.0 Å². The summed E-state index contributed by atoms with van der Waals surface area (Å²) in [5.74, 6) is -1.25. The van der Waals surface area contributed by atoms with Crippen molar-refractivity contribution in [1.82, 2.24) is 9.80 Å². The van der Waals surface area contributed by atoms with Crippen molar-refractivity contribution in [3.8, 4) is 0 Å². The topological polar surface area (TPSA) is 57.7 Å². The van der Waals surface area contributed by atoms with Crippen LogP contribution in [-0.4, -0.2) is 48.2 Å². The first-order valence-electron chi connectivity index (χ1n) is 7.98. The first kappa shape index (κ1) is 18.1. The van der Waals surface area contributed by atoms with Crippen molar-refractivity contribution in [2.45, 2.75) is 32.1 Å². The molecular formula is C18H23FN2O3. The van der Waals surface area contributed by atoms with E-state index < -0.39 is 17.1 Å². The van der Waals surface area contributed by atoms with Gasteiger partial charge in [0.05, 0.1) is 5.41 Å². The zero-order valence-corrected chi connectivity index (χ0v) is 14.5. The quantitative estimate of drug-likeness (QED) is 0.774. The summed E-state index contributed by atoms with van der Waals surface area (Å²) in [5, 5.41) is 0. The average Bonchev–Trinajstić information content (AvgIpc) is 2.71. The molecule has 1 aliphatic rings. The highest BCUT2D eigenvalue weighted by atomic mass is 19.1.